The van der Waals surface area contributed by atoms with E-state index in [9.17, 15) is 0 Å². The number of benzene rings is 1. The minimum atomic E-state index is 0.653. The molecule has 0 amide bonds. The van der Waals surface area contributed by atoms with Crippen molar-refractivity contribution in [2.45, 2.75) is 25.9 Å². The topological polar surface area (TPSA) is 24.1 Å². The number of hydrogen-bond acceptors (Lipinski definition) is 2. The van der Waals surface area contributed by atoms with Crippen molar-refractivity contribution >= 4 is 15.9 Å². The summed E-state index contributed by atoms with van der Waals surface area (Å²) in [5, 5.41) is 7.08. The van der Waals surface area contributed by atoms with Gasteiger partial charge < -0.3 is 10.6 Å². The lowest BCUT2D eigenvalue weighted by Gasteiger charge is -2.30. The molecule has 0 bridgehead atoms. The lowest BCUT2D eigenvalue weighted by molar-refractivity contribution is 0.295. The van der Waals surface area contributed by atoms with Gasteiger partial charge in [-0.3, -0.25) is 0 Å². The van der Waals surface area contributed by atoms with Crippen molar-refractivity contribution in [3.05, 3.63) is 34.3 Å². The Labute approximate surface area is 106 Å². The molecule has 2 atom stereocenters. The van der Waals surface area contributed by atoms with E-state index in [4.69, 9.17) is 0 Å². The van der Waals surface area contributed by atoms with Gasteiger partial charge in [-0.2, -0.15) is 0 Å². The zero-order valence-corrected chi connectivity index (χ0v) is 11.3. The molecule has 0 radical (unpaired) electrons. The first-order valence-corrected chi connectivity index (χ1v) is 6.73. The van der Waals surface area contributed by atoms with E-state index < -0.39 is 0 Å². The highest BCUT2D eigenvalue weighted by atomic mass is 79.9. The second-order valence-corrected chi connectivity index (χ2v) is 5.50. The van der Waals surface area contributed by atoms with Gasteiger partial charge in [0.05, 0.1) is 0 Å². The van der Waals surface area contributed by atoms with Crippen molar-refractivity contribution in [1.29, 1.82) is 0 Å². The lowest BCUT2D eigenvalue weighted by Crippen LogP contribution is -2.45. The quantitative estimate of drug-likeness (QED) is 0.890. The molecule has 2 nitrogen and oxygen atoms in total. The van der Waals surface area contributed by atoms with Gasteiger partial charge in [0.25, 0.3) is 0 Å². The summed E-state index contributed by atoms with van der Waals surface area (Å²) in [6.07, 6.45) is 1.23. The van der Waals surface area contributed by atoms with E-state index in [0.29, 0.717) is 6.04 Å². The molecule has 1 aliphatic heterocycles. The van der Waals surface area contributed by atoms with Crippen molar-refractivity contribution < 1.29 is 0 Å². The fourth-order valence-corrected chi connectivity index (χ4v) is 2.66. The van der Waals surface area contributed by atoms with Gasteiger partial charge in [0.1, 0.15) is 0 Å². The van der Waals surface area contributed by atoms with Crippen molar-refractivity contribution in [3.63, 3.8) is 0 Å². The Hall–Kier alpha value is -0.380. The average molecular weight is 283 g/mol. The first-order chi connectivity index (χ1) is 7.75. The normalized spacial score (nSPS) is 25.6. The second-order valence-electron chi connectivity index (χ2n) is 4.59. The molecule has 88 valence electrons. The SMILES string of the molecule is CC1CNCCC1NCc1cccc(Br)c1. The van der Waals surface area contributed by atoms with Crippen LogP contribution in [0.4, 0.5) is 0 Å². The van der Waals surface area contributed by atoms with Crippen molar-refractivity contribution in [3.8, 4) is 0 Å². The molecule has 1 aliphatic rings. The third-order valence-corrected chi connectivity index (χ3v) is 3.74. The fraction of sp³-hybridized carbons (Fsp3) is 0.538. The van der Waals surface area contributed by atoms with E-state index in [1.807, 2.05) is 0 Å². The Morgan fingerprint density at radius 1 is 1.50 bits per heavy atom. The molecular weight excluding hydrogens is 264 g/mol. The second kappa shape index (κ2) is 5.80. The van der Waals surface area contributed by atoms with Crippen molar-refractivity contribution in [1.82, 2.24) is 10.6 Å². The molecule has 2 unspecified atom stereocenters. The Kier molecular flexibility index (Phi) is 4.38. The maximum atomic E-state index is 3.65. The molecule has 3 heteroatoms. The van der Waals surface area contributed by atoms with E-state index in [-0.39, 0.29) is 0 Å². The van der Waals surface area contributed by atoms with E-state index in [1.54, 1.807) is 0 Å². The van der Waals surface area contributed by atoms with Crippen LogP contribution in [0.25, 0.3) is 0 Å². The molecule has 1 heterocycles. The Bertz CT molecular complexity index is 340. The van der Waals surface area contributed by atoms with Gasteiger partial charge >= 0.3 is 0 Å². The molecule has 16 heavy (non-hydrogen) atoms. The molecule has 0 aliphatic carbocycles. The summed E-state index contributed by atoms with van der Waals surface area (Å²) < 4.78 is 1.16. The van der Waals surface area contributed by atoms with Gasteiger partial charge in [-0.15, -0.1) is 0 Å². The van der Waals surface area contributed by atoms with Crippen LogP contribution in [0.3, 0.4) is 0 Å². The largest absolute Gasteiger partial charge is 0.316 e. The molecule has 2 N–H and O–H groups in total. The van der Waals surface area contributed by atoms with E-state index in [0.717, 1.165) is 30.0 Å². The lowest BCUT2D eigenvalue weighted by atomic mass is 9.95. The molecule has 1 fully saturated rings. The number of hydrogen-bond donors (Lipinski definition) is 2. The Morgan fingerprint density at radius 3 is 3.12 bits per heavy atom. The molecular formula is C13H19BrN2. The smallest absolute Gasteiger partial charge is 0.0208 e. The minimum absolute atomic E-state index is 0.653. The Morgan fingerprint density at radius 2 is 2.38 bits per heavy atom. The highest BCUT2D eigenvalue weighted by Crippen LogP contribution is 2.14. The maximum Gasteiger partial charge on any atom is 0.0208 e. The summed E-state index contributed by atoms with van der Waals surface area (Å²) in [6.45, 7) is 5.55. The average Bonchev–Trinajstić information content (AvgIpc) is 2.28. The first kappa shape index (κ1) is 12.1. The summed E-state index contributed by atoms with van der Waals surface area (Å²) in [5.74, 6) is 0.723. The van der Waals surface area contributed by atoms with Crippen LogP contribution in [-0.2, 0) is 6.54 Å². The summed E-state index contributed by atoms with van der Waals surface area (Å²) in [4.78, 5) is 0. The standard InChI is InChI=1S/C13H19BrN2/c1-10-8-15-6-5-13(10)16-9-11-3-2-4-12(14)7-11/h2-4,7,10,13,15-16H,5-6,8-9H2,1H3. The summed E-state index contributed by atoms with van der Waals surface area (Å²) >= 11 is 3.50. The van der Waals surface area contributed by atoms with Crippen LogP contribution in [0.1, 0.15) is 18.9 Å². The van der Waals surface area contributed by atoms with Crippen molar-refractivity contribution in [2.75, 3.05) is 13.1 Å². The zero-order valence-electron chi connectivity index (χ0n) is 9.67. The van der Waals surface area contributed by atoms with Crippen LogP contribution in [-0.4, -0.2) is 19.1 Å². The zero-order chi connectivity index (χ0) is 11.4. The summed E-state index contributed by atoms with van der Waals surface area (Å²) in [6, 6.07) is 9.16. The number of nitrogens with one attached hydrogen (secondary N) is 2. The summed E-state index contributed by atoms with van der Waals surface area (Å²) in [7, 11) is 0. The molecule has 1 aromatic carbocycles. The fourth-order valence-electron chi connectivity index (χ4n) is 2.21. The van der Waals surface area contributed by atoms with E-state index in [2.05, 4.69) is 57.8 Å². The third-order valence-electron chi connectivity index (χ3n) is 3.24. The van der Waals surface area contributed by atoms with Gasteiger partial charge in [-0.25, -0.2) is 0 Å². The number of rotatable bonds is 3. The van der Waals surface area contributed by atoms with Crippen LogP contribution in [0.15, 0.2) is 28.7 Å². The van der Waals surface area contributed by atoms with Gasteiger partial charge in [-0.05, 0) is 43.1 Å². The van der Waals surface area contributed by atoms with Gasteiger partial charge in [-0.1, -0.05) is 35.0 Å². The van der Waals surface area contributed by atoms with Crippen LogP contribution < -0.4 is 10.6 Å². The maximum absolute atomic E-state index is 3.65. The predicted molar refractivity (Wildman–Crippen MR) is 71.4 cm³/mol. The van der Waals surface area contributed by atoms with E-state index >= 15 is 0 Å². The number of piperidine rings is 1. The highest BCUT2D eigenvalue weighted by Gasteiger charge is 2.19. The Balaban J connectivity index is 1.86. The summed E-state index contributed by atoms with van der Waals surface area (Å²) in [5.41, 5.74) is 1.35. The molecule has 0 saturated carbocycles. The molecule has 2 rings (SSSR count). The molecule has 1 aromatic rings. The van der Waals surface area contributed by atoms with Gasteiger partial charge in [0.15, 0.2) is 0 Å². The highest BCUT2D eigenvalue weighted by molar-refractivity contribution is 9.10. The van der Waals surface area contributed by atoms with Crippen LogP contribution in [0.2, 0.25) is 0 Å². The molecule has 0 spiro atoms. The predicted octanol–water partition coefficient (Wildman–Crippen LogP) is 2.54. The number of halogens is 1. The minimum Gasteiger partial charge on any atom is -0.316 e. The van der Waals surface area contributed by atoms with Crippen LogP contribution in [0, 0.1) is 5.92 Å². The molecule has 0 aromatic heterocycles. The van der Waals surface area contributed by atoms with Crippen molar-refractivity contribution in [2.24, 2.45) is 5.92 Å². The van der Waals surface area contributed by atoms with E-state index in [1.165, 1.54) is 12.0 Å². The van der Waals surface area contributed by atoms with Gasteiger partial charge in [0, 0.05) is 17.1 Å². The monoisotopic (exact) mass is 282 g/mol. The third kappa shape index (κ3) is 3.30. The van der Waals surface area contributed by atoms with Crippen LogP contribution >= 0.6 is 15.9 Å². The molecule has 1 saturated heterocycles. The van der Waals surface area contributed by atoms with Gasteiger partial charge in [0.2, 0.25) is 0 Å². The first-order valence-electron chi connectivity index (χ1n) is 5.94. The van der Waals surface area contributed by atoms with Crippen LogP contribution in [0.5, 0.6) is 0 Å².